The Morgan fingerprint density at radius 3 is 2.69 bits per heavy atom. The van der Waals surface area contributed by atoms with Crippen LogP contribution in [0.4, 0.5) is 17.2 Å². The van der Waals surface area contributed by atoms with E-state index >= 15 is 0 Å². The number of nitrogens with zero attached hydrogens (tertiary/aromatic N) is 6. The maximum absolute atomic E-state index is 12.3. The molecular formula is C28H35N7O3S. The van der Waals surface area contributed by atoms with Crippen molar-refractivity contribution in [1.29, 1.82) is 0 Å². The number of ether oxygens (including phenoxy) is 1. The third-order valence-corrected chi connectivity index (χ3v) is 9.79. The van der Waals surface area contributed by atoms with E-state index < -0.39 is 11.0 Å². The molecule has 206 valence electrons. The molecule has 7 rings (SSSR count). The molecule has 1 aromatic carbocycles. The van der Waals surface area contributed by atoms with Gasteiger partial charge in [-0.1, -0.05) is 5.21 Å². The number of fused-ring (bicyclic) bond motifs is 2. The highest BCUT2D eigenvalue weighted by atomic mass is 32.2. The fourth-order valence-corrected chi connectivity index (χ4v) is 6.97. The number of benzene rings is 1. The topological polar surface area (TPSA) is 109 Å². The zero-order valence-corrected chi connectivity index (χ0v) is 23.1. The average Bonchev–Trinajstić information content (AvgIpc) is 3.33. The number of anilines is 3. The first-order valence-electron chi connectivity index (χ1n) is 13.9. The molecule has 10 nitrogen and oxygen atoms in total. The van der Waals surface area contributed by atoms with Gasteiger partial charge in [-0.3, -0.25) is 0 Å². The van der Waals surface area contributed by atoms with Crippen LogP contribution in [-0.4, -0.2) is 80.0 Å². The molecule has 3 unspecified atom stereocenters. The van der Waals surface area contributed by atoms with E-state index in [-0.39, 0.29) is 12.4 Å². The molecule has 1 saturated carbocycles. The van der Waals surface area contributed by atoms with Gasteiger partial charge in [0, 0.05) is 36.6 Å². The van der Waals surface area contributed by atoms with Crippen molar-refractivity contribution in [3.63, 3.8) is 0 Å². The molecule has 3 atom stereocenters. The molecule has 3 aromatic rings. The molecule has 3 saturated heterocycles. The van der Waals surface area contributed by atoms with Crippen LogP contribution >= 0.6 is 0 Å². The number of pyridine rings is 1. The summed E-state index contributed by atoms with van der Waals surface area (Å²) in [5.41, 5.74) is 5.30. The van der Waals surface area contributed by atoms with Crippen LogP contribution < -0.4 is 14.5 Å². The maximum Gasteiger partial charge on any atom is 0.157 e. The fourth-order valence-electron chi connectivity index (χ4n) is 6.31. The van der Waals surface area contributed by atoms with Gasteiger partial charge in [0.15, 0.2) is 5.82 Å². The van der Waals surface area contributed by atoms with Crippen LogP contribution in [0.1, 0.15) is 37.7 Å². The maximum atomic E-state index is 12.3. The fraction of sp³-hybridized carbons (Fsp3) is 0.536. The Bertz CT molecular complexity index is 1400. The van der Waals surface area contributed by atoms with E-state index in [0.29, 0.717) is 17.6 Å². The van der Waals surface area contributed by atoms with Gasteiger partial charge in [-0.05, 0) is 80.3 Å². The number of aliphatic hydroxyl groups is 1. The molecule has 1 spiro atoms. The predicted octanol–water partition coefficient (Wildman–Crippen LogP) is 3.06. The van der Waals surface area contributed by atoms with E-state index in [0.717, 1.165) is 72.5 Å². The molecule has 5 heterocycles. The molecule has 2 bridgehead atoms. The van der Waals surface area contributed by atoms with Gasteiger partial charge in [-0.25, -0.2) is 13.9 Å². The zero-order valence-electron chi connectivity index (χ0n) is 22.3. The van der Waals surface area contributed by atoms with Crippen LogP contribution in [0.2, 0.25) is 0 Å². The van der Waals surface area contributed by atoms with Crippen LogP contribution in [0, 0.1) is 12.3 Å². The lowest BCUT2D eigenvalue weighted by Gasteiger charge is -2.35. The second kappa shape index (κ2) is 9.87. The summed E-state index contributed by atoms with van der Waals surface area (Å²) in [7, 11) is -1.34. The number of hydrogen-bond donors (Lipinski definition) is 2. The molecule has 2 N–H and O–H groups in total. The van der Waals surface area contributed by atoms with Crippen LogP contribution in [0.25, 0.3) is 17.1 Å². The van der Waals surface area contributed by atoms with Gasteiger partial charge in [0.05, 0.1) is 37.3 Å². The molecule has 39 heavy (non-hydrogen) atoms. The van der Waals surface area contributed by atoms with Crippen LogP contribution in [0.5, 0.6) is 0 Å². The standard InChI is InChI=1S/C28H35N7O3S/c1-19-12-26(34-16-22-15-21(34)18-38-22)29-27(13-19)35-17-24(30-32-35)23-3-2-20(31-39(37)11-10-36)14-25(23)33-8-6-28(4-5-28)7-9-33/h2-3,12-14,17,21-22,31,36H,4-11,15-16,18H2,1H3. The molecular weight excluding hydrogens is 514 g/mol. The second-order valence-corrected chi connectivity index (χ2v) is 12.8. The minimum absolute atomic E-state index is 0.122. The Morgan fingerprint density at radius 1 is 1.15 bits per heavy atom. The quantitative estimate of drug-likeness (QED) is 0.442. The predicted molar refractivity (Wildman–Crippen MR) is 152 cm³/mol. The summed E-state index contributed by atoms with van der Waals surface area (Å²) < 4.78 is 22.9. The largest absolute Gasteiger partial charge is 0.395 e. The van der Waals surface area contributed by atoms with E-state index in [2.05, 4.69) is 43.9 Å². The van der Waals surface area contributed by atoms with E-state index in [1.165, 1.54) is 25.7 Å². The minimum Gasteiger partial charge on any atom is -0.395 e. The van der Waals surface area contributed by atoms with Crippen molar-refractivity contribution in [2.75, 3.05) is 53.1 Å². The Balaban J connectivity index is 1.19. The van der Waals surface area contributed by atoms with E-state index in [1.54, 1.807) is 4.68 Å². The summed E-state index contributed by atoms with van der Waals surface area (Å²) in [6.45, 7) is 5.60. The summed E-state index contributed by atoms with van der Waals surface area (Å²) in [5, 5.41) is 18.2. The van der Waals surface area contributed by atoms with E-state index in [1.807, 2.05) is 24.4 Å². The smallest absolute Gasteiger partial charge is 0.157 e. The van der Waals surface area contributed by atoms with Gasteiger partial charge >= 0.3 is 0 Å². The molecule has 3 aliphatic heterocycles. The lowest BCUT2D eigenvalue weighted by molar-refractivity contribution is 0.0989. The summed E-state index contributed by atoms with van der Waals surface area (Å²) in [6, 6.07) is 10.6. The van der Waals surface area contributed by atoms with Crippen molar-refractivity contribution in [2.24, 2.45) is 5.41 Å². The van der Waals surface area contributed by atoms with Gasteiger partial charge in [0.25, 0.3) is 0 Å². The zero-order chi connectivity index (χ0) is 26.6. The Kier molecular flexibility index (Phi) is 6.32. The van der Waals surface area contributed by atoms with Crippen LogP contribution in [-0.2, 0) is 15.7 Å². The molecule has 4 aliphatic rings. The highest BCUT2D eigenvalue weighted by Gasteiger charge is 2.44. The lowest BCUT2D eigenvalue weighted by Crippen LogP contribution is -2.37. The number of morpholine rings is 1. The summed E-state index contributed by atoms with van der Waals surface area (Å²) in [5.74, 6) is 1.90. The monoisotopic (exact) mass is 549 g/mol. The van der Waals surface area contributed by atoms with Gasteiger partial charge in [-0.2, -0.15) is 0 Å². The number of piperidine rings is 1. The first-order chi connectivity index (χ1) is 19.0. The number of aryl methyl sites for hydroxylation is 1. The van der Waals surface area contributed by atoms with Gasteiger partial charge in [-0.15, -0.1) is 5.10 Å². The molecule has 1 aliphatic carbocycles. The summed E-state index contributed by atoms with van der Waals surface area (Å²) in [6.07, 6.45) is 8.42. The minimum atomic E-state index is -1.34. The van der Waals surface area contributed by atoms with Gasteiger partial charge in [0.2, 0.25) is 0 Å². The number of rotatable bonds is 8. The van der Waals surface area contributed by atoms with Crippen LogP contribution in [0.3, 0.4) is 0 Å². The molecule has 11 heteroatoms. The normalized spacial score (nSPS) is 23.9. The van der Waals surface area contributed by atoms with Crippen molar-refractivity contribution in [1.82, 2.24) is 20.0 Å². The molecule has 2 aromatic heterocycles. The highest BCUT2D eigenvalue weighted by Crippen LogP contribution is 2.54. The van der Waals surface area contributed by atoms with Crippen LogP contribution in [0.15, 0.2) is 36.5 Å². The molecule has 4 fully saturated rings. The van der Waals surface area contributed by atoms with Crippen molar-refractivity contribution in [3.8, 4) is 17.1 Å². The average molecular weight is 550 g/mol. The Morgan fingerprint density at radius 2 is 1.97 bits per heavy atom. The Labute approximate surface area is 230 Å². The Hall–Kier alpha value is -3.02. The van der Waals surface area contributed by atoms with E-state index in [9.17, 15) is 4.21 Å². The summed E-state index contributed by atoms with van der Waals surface area (Å²) >= 11 is 0. The van der Waals surface area contributed by atoms with E-state index in [4.69, 9.17) is 14.8 Å². The number of aromatic nitrogens is 4. The second-order valence-electron chi connectivity index (χ2n) is 11.5. The molecule has 0 radical (unpaired) electrons. The number of aliphatic hydroxyl groups excluding tert-OH is 1. The third-order valence-electron chi connectivity index (χ3n) is 8.77. The van der Waals surface area contributed by atoms with Crippen molar-refractivity contribution >= 4 is 28.2 Å². The van der Waals surface area contributed by atoms with Crippen molar-refractivity contribution < 1.29 is 14.1 Å². The number of hydrogen-bond acceptors (Lipinski definition) is 8. The van der Waals surface area contributed by atoms with Crippen molar-refractivity contribution in [2.45, 2.75) is 51.2 Å². The van der Waals surface area contributed by atoms with Gasteiger partial charge in [0.1, 0.15) is 22.5 Å². The first kappa shape index (κ1) is 25.0. The SMILES string of the molecule is Cc1cc(N2CC3CC2CO3)nc(-n2cc(-c3ccc(NS(=O)CCO)cc3N3CCC4(CC3)CC4)nn2)c1. The lowest BCUT2D eigenvalue weighted by atomic mass is 9.93. The molecule has 0 amide bonds. The third kappa shape index (κ3) is 4.92. The number of nitrogens with one attached hydrogen (secondary N) is 1. The highest BCUT2D eigenvalue weighted by molar-refractivity contribution is 7.86. The summed E-state index contributed by atoms with van der Waals surface area (Å²) in [4.78, 5) is 9.75. The van der Waals surface area contributed by atoms with Gasteiger partial charge < -0.3 is 24.4 Å². The first-order valence-corrected chi connectivity index (χ1v) is 15.3. The van der Waals surface area contributed by atoms with Crippen molar-refractivity contribution in [3.05, 3.63) is 42.1 Å².